The Morgan fingerprint density at radius 3 is 2.04 bits per heavy atom. The van der Waals surface area contributed by atoms with Gasteiger partial charge >= 0.3 is 0 Å². The molecule has 0 spiro atoms. The van der Waals surface area contributed by atoms with Gasteiger partial charge < -0.3 is 9.30 Å². The van der Waals surface area contributed by atoms with Crippen molar-refractivity contribution in [1.82, 2.24) is 9.55 Å². The molecule has 0 aliphatic carbocycles. The van der Waals surface area contributed by atoms with Crippen LogP contribution >= 0.6 is 11.6 Å². The van der Waals surface area contributed by atoms with E-state index in [4.69, 9.17) is 16.3 Å². The van der Waals surface area contributed by atoms with Crippen LogP contribution in [0.25, 0.3) is 0 Å². The number of hydrogen-bond acceptors (Lipinski definition) is 2. The Morgan fingerprint density at radius 2 is 1.46 bits per heavy atom. The summed E-state index contributed by atoms with van der Waals surface area (Å²) in [5, 5.41) is 0. The smallest absolute Gasteiger partial charge is 0.124 e. The van der Waals surface area contributed by atoms with Gasteiger partial charge in [0.05, 0.1) is 13.0 Å². The average Bonchev–Trinajstić information content (AvgIpc) is 3.25. The summed E-state index contributed by atoms with van der Waals surface area (Å²) in [5.41, 5.74) is 2.70. The highest BCUT2D eigenvalue weighted by Gasteiger charge is 2.39. The van der Waals surface area contributed by atoms with Crippen LogP contribution in [0.1, 0.15) is 22.5 Å². The molecule has 28 heavy (non-hydrogen) atoms. The fraction of sp³-hybridized carbons (Fsp3) is 0.125. The zero-order valence-corrected chi connectivity index (χ0v) is 16.4. The maximum Gasteiger partial charge on any atom is 0.124 e. The molecule has 3 aromatic carbocycles. The maximum absolute atomic E-state index is 6.29. The monoisotopic (exact) mass is 388 g/mol. The Morgan fingerprint density at radius 1 is 0.857 bits per heavy atom. The third kappa shape index (κ3) is 2.98. The second kappa shape index (κ2) is 7.91. The number of nitrogens with zero attached hydrogens (tertiary/aromatic N) is 2. The summed E-state index contributed by atoms with van der Waals surface area (Å²) in [4.78, 5) is 4.52. The number of benzene rings is 3. The molecule has 1 heterocycles. The number of ether oxygens (including phenoxy) is 1. The molecule has 0 aliphatic heterocycles. The molecule has 0 amide bonds. The average molecular weight is 389 g/mol. The third-order valence-electron chi connectivity index (χ3n) is 5.07. The minimum Gasteiger partial charge on any atom is -0.497 e. The lowest BCUT2D eigenvalue weighted by atomic mass is 9.76. The van der Waals surface area contributed by atoms with Crippen LogP contribution in [0.2, 0.25) is 0 Å². The van der Waals surface area contributed by atoms with E-state index in [-0.39, 0.29) is 0 Å². The van der Waals surface area contributed by atoms with E-state index in [2.05, 4.69) is 70.2 Å². The lowest BCUT2D eigenvalue weighted by Gasteiger charge is -2.38. The van der Waals surface area contributed by atoms with Gasteiger partial charge in [-0.2, -0.15) is 0 Å². The van der Waals surface area contributed by atoms with E-state index in [9.17, 15) is 0 Å². The molecule has 0 atom stereocenters. The molecule has 0 bridgehead atoms. The first-order valence-electron chi connectivity index (χ1n) is 9.15. The van der Waals surface area contributed by atoms with Crippen molar-refractivity contribution in [3.63, 3.8) is 0 Å². The van der Waals surface area contributed by atoms with Crippen LogP contribution in [0, 0.1) is 0 Å². The molecule has 0 saturated carbocycles. The first-order valence-corrected chi connectivity index (χ1v) is 9.68. The zero-order valence-electron chi connectivity index (χ0n) is 15.6. The van der Waals surface area contributed by atoms with Gasteiger partial charge in [-0.25, -0.2) is 4.98 Å². The summed E-state index contributed by atoms with van der Waals surface area (Å²) in [7, 11) is 1.69. The molecule has 0 saturated heterocycles. The van der Waals surface area contributed by atoms with Crippen molar-refractivity contribution in [3.8, 4) is 5.75 Å². The van der Waals surface area contributed by atoms with Crippen LogP contribution in [0.5, 0.6) is 5.75 Å². The van der Waals surface area contributed by atoms with Gasteiger partial charge in [-0.15, -0.1) is 11.6 Å². The van der Waals surface area contributed by atoms with Crippen LogP contribution < -0.4 is 4.74 Å². The topological polar surface area (TPSA) is 27.1 Å². The molecule has 0 fully saturated rings. The van der Waals surface area contributed by atoms with Gasteiger partial charge in [0.1, 0.15) is 17.1 Å². The van der Waals surface area contributed by atoms with Gasteiger partial charge in [-0.1, -0.05) is 72.8 Å². The van der Waals surface area contributed by atoms with Crippen LogP contribution in [0.15, 0.2) is 97.3 Å². The van der Waals surface area contributed by atoms with Gasteiger partial charge in [0.2, 0.25) is 0 Å². The Balaban J connectivity index is 2.15. The van der Waals surface area contributed by atoms with Crippen molar-refractivity contribution in [2.24, 2.45) is 0 Å². The standard InChI is InChI=1S/C24H21ClN2O/c1-28-22-14-8-13-21(17-22)24(19-9-4-2-5-10-19,20-11-6-3-7-12-20)27-16-15-26-23(27)18-25/h2-17H,18H2,1H3. The van der Waals surface area contributed by atoms with Crippen LogP contribution in [0.4, 0.5) is 0 Å². The van der Waals surface area contributed by atoms with Crippen molar-refractivity contribution in [3.05, 3.63) is 120 Å². The Hall–Kier alpha value is -3.04. The second-order valence-electron chi connectivity index (χ2n) is 6.52. The maximum atomic E-state index is 6.29. The van der Waals surface area contributed by atoms with Gasteiger partial charge in [-0.3, -0.25) is 0 Å². The molecular formula is C24H21ClN2O. The van der Waals surface area contributed by atoms with Gasteiger partial charge in [0, 0.05) is 12.4 Å². The quantitative estimate of drug-likeness (QED) is 0.323. The number of aromatic nitrogens is 2. The lowest BCUT2D eigenvalue weighted by molar-refractivity contribution is 0.411. The van der Waals surface area contributed by atoms with Crippen molar-refractivity contribution in [2.45, 2.75) is 11.4 Å². The predicted octanol–water partition coefficient (Wildman–Crippen LogP) is 5.47. The van der Waals surface area contributed by atoms with E-state index in [0.717, 1.165) is 28.3 Å². The Bertz CT molecular complexity index is 1000. The first-order chi connectivity index (χ1) is 13.8. The lowest BCUT2D eigenvalue weighted by Crippen LogP contribution is -2.38. The third-order valence-corrected chi connectivity index (χ3v) is 5.31. The largest absolute Gasteiger partial charge is 0.497 e. The first kappa shape index (κ1) is 18.3. The van der Waals surface area contributed by atoms with Gasteiger partial charge in [0.15, 0.2) is 0 Å². The molecule has 140 valence electrons. The van der Waals surface area contributed by atoms with E-state index < -0.39 is 5.54 Å². The molecule has 0 N–H and O–H groups in total. The van der Waals surface area contributed by atoms with E-state index in [0.29, 0.717) is 5.88 Å². The summed E-state index contributed by atoms with van der Waals surface area (Å²) in [5.74, 6) is 1.93. The highest BCUT2D eigenvalue weighted by atomic mass is 35.5. The molecule has 4 rings (SSSR count). The number of halogens is 1. The minimum atomic E-state index is -0.627. The molecule has 0 unspecified atom stereocenters. The molecule has 1 aromatic heterocycles. The molecular weight excluding hydrogens is 368 g/mol. The fourth-order valence-electron chi connectivity index (χ4n) is 3.86. The second-order valence-corrected chi connectivity index (χ2v) is 6.79. The van der Waals surface area contributed by atoms with E-state index in [1.807, 2.05) is 30.5 Å². The zero-order chi connectivity index (χ0) is 19.4. The normalized spacial score (nSPS) is 11.4. The summed E-state index contributed by atoms with van der Waals surface area (Å²) in [6.07, 6.45) is 3.80. The van der Waals surface area contributed by atoms with E-state index in [1.165, 1.54) is 0 Å². The van der Waals surface area contributed by atoms with Crippen molar-refractivity contribution in [1.29, 1.82) is 0 Å². The molecule has 3 nitrogen and oxygen atoms in total. The number of hydrogen-bond donors (Lipinski definition) is 0. The van der Waals surface area contributed by atoms with Crippen molar-refractivity contribution < 1.29 is 4.74 Å². The van der Waals surface area contributed by atoms with Crippen LogP contribution in [-0.2, 0) is 11.4 Å². The van der Waals surface area contributed by atoms with Gasteiger partial charge in [-0.05, 0) is 28.8 Å². The van der Waals surface area contributed by atoms with Gasteiger partial charge in [0.25, 0.3) is 0 Å². The summed E-state index contributed by atoms with van der Waals surface area (Å²) >= 11 is 6.29. The van der Waals surface area contributed by atoms with E-state index >= 15 is 0 Å². The molecule has 4 aromatic rings. The predicted molar refractivity (Wildman–Crippen MR) is 113 cm³/mol. The molecule has 0 radical (unpaired) electrons. The summed E-state index contributed by atoms with van der Waals surface area (Å²) in [6.45, 7) is 0. The SMILES string of the molecule is COc1cccc(C(c2ccccc2)(c2ccccc2)n2ccnc2CCl)c1. The van der Waals surface area contributed by atoms with Crippen molar-refractivity contribution >= 4 is 11.6 Å². The Labute approximate surface area is 170 Å². The van der Waals surface area contributed by atoms with E-state index in [1.54, 1.807) is 13.3 Å². The molecule has 4 heteroatoms. The number of imidazole rings is 1. The number of alkyl halides is 1. The fourth-order valence-corrected chi connectivity index (χ4v) is 4.06. The minimum absolute atomic E-state index is 0.318. The van der Waals surface area contributed by atoms with Crippen LogP contribution in [0.3, 0.4) is 0 Å². The summed E-state index contributed by atoms with van der Waals surface area (Å²) in [6, 6.07) is 29.1. The summed E-state index contributed by atoms with van der Waals surface area (Å²) < 4.78 is 7.71. The number of rotatable bonds is 6. The van der Waals surface area contributed by atoms with Crippen LogP contribution in [-0.4, -0.2) is 16.7 Å². The van der Waals surface area contributed by atoms with Crippen molar-refractivity contribution in [2.75, 3.05) is 7.11 Å². The highest BCUT2D eigenvalue weighted by molar-refractivity contribution is 6.16. The highest BCUT2D eigenvalue weighted by Crippen LogP contribution is 2.42. The Kier molecular flexibility index (Phi) is 5.18. The number of methoxy groups -OCH3 is 1. The molecule has 0 aliphatic rings.